The summed E-state index contributed by atoms with van der Waals surface area (Å²) in [5.74, 6) is 0.811. The Kier molecular flexibility index (Phi) is 4.42. The van der Waals surface area contributed by atoms with E-state index in [-0.39, 0.29) is 5.78 Å². The van der Waals surface area contributed by atoms with Crippen molar-refractivity contribution < 1.29 is 9.53 Å². The van der Waals surface area contributed by atoms with Gasteiger partial charge in [0.1, 0.15) is 5.75 Å². The van der Waals surface area contributed by atoms with Crippen LogP contribution < -0.4 is 4.74 Å². The molecule has 0 amide bonds. The zero-order valence-electron chi connectivity index (χ0n) is 11.1. The van der Waals surface area contributed by atoms with Crippen LogP contribution in [0.5, 0.6) is 5.75 Å². The van der Waals surface area contributed by atoms with Crippen molar-refractivity contribution in [3.63, 3.8) is 0 Å². The first kappa shape index (κ1) is 14.3. The summed E-state index contributed by atoms with van der Waals surface area (Å²) in [5, 5.41) is 6.23. The van der Waals surface area contributed by atoms with Crippen LogP contribution >= 0.6 is 27.3 Å². The first-order valence-corrected chi connectivity index (χ1v) is 7.60. The molecule has 2 rings (SSSR count). The van der Waals surface area contributed by atoms with E-state index < -0.39 is 0 Å². The maximum absolute atomic E-state index is 12.2. The molecule has 2 aromatic rings. The Labute approximate surface area is 124 Å². The van der Waals surface area contributed by atoms with Crippen molar-refractivity contribution in [1.29, 1.82) is 0 Å². The van der Waals surface area contributed by atoms with Crippen molar-refractivity contribution >= 4 is 33.0 Å². The number of halogens is 1. The highest BCUT2D eigenvalue weighted by Gasteiger charge is 2.18. The van der Waals surface area contributed by atoms with Gasteiger partial charge in [-0.15, -0.1) is 11.3 Å². The van der Waals surface area contributed by atoms with Crippen LogP contribution in [0.1, 0.15) is 28.0 Å². The average Bonchev–Trinajstić information content (AvgIpc) is 2.98. The number of methoxy groups -OCH3 is 1. The first-order chi connectivity index (χ1) is 9.06. The van der Waals surface area contributed by atoms with Gasteiger partial charge in [0.05, 0.1) is 34.3 Å². The maximum atomic E-state index is 12.2. The van der Waals surface area contributed by atoms with Crippen molar-refractivity contribution in [3.05, 3.63) is 32.2 Å². The van der Waals surface area contributed by atoms with Gasteiger partial charge >= 0.3 is 0 Å². The van der Waals surface area contributed by atoms with Gasteiger partial charge in [-0.3, -0.25) is 9.48 Å². The Morgan fingerprint density at radius 2 is 2.32 bits per heavy atom. The van der Waals surface area contributed by atoms with E-state index in [4.69, 9.17) is 4.74 Å². The Balaban J connectivity index is 2.21. The molecule has 0 spiro atoms. The number of aryl methyl sites for hydroxylation is 2. The van der Waals surface area contributed by atoms with E-state index >= 15 is 0 Å². The molecule has 6 heteroatoms. The summed E-state index contributed by atoms with van der Waals surface area (Å²) in [7, 11) is 3.46. The second kappa shape index (κ2) is 5.88. The van der Waals surface area contributed by atoms with E-state index in [1.807, 2.05) is 19.4 Å². The number of Topliss-reactive ketones (excluding diaryl/α,β-unsaturated/α-hetero) is 1. The summed E-state index contributed by atoms with van der Waals surface area (Å²) in [6, 6.07) is 1.78. The third kappa shape index (κ3) is 2.90. The standard InChI is InChI=1S/C13H15BrN2O2S/c1-4-9-13(14)10(16(2)15-9)6-11(17)12-5-8(18-3)7-19-12/h5,7H,4,6H2,1-3H3. The van der Waals surface area contributed by atoms with Gasteiger partial charge in [-0.1, -0.05) is 6.92 Å². The van der Waals surface area contributed by atoms with Gasteiger partial charge < -0.3 is 4.74 Å². The predicted octanol–water partition coefficient (Wildman–Crippen LogP) is 3.24. The van der Waals surface area contributed by atoms with Crippen molar-refractivity contribution in [3.8, 4) is 5.75 Å². The number of thiophene rings is 1. The molecule has 0 fully saturated rings. The van der Waals surface area contributed by atoms with E-state index in [1.165, 1.54) is 11.3 Å². The fraction of sp³-hybridized carbons (Fsp3) is 0.385. The Bertz CT molecular complexity index is 604. The number of carbonyl (C=O) groups excluding carboxylic acids is 1. The van der Waals surface area contributed by atoms with Gasteiger partial charge in [-0.05, 0) is 22.4 Å². The number of nitrogens with zero attached hydrogens (tertiary/aromatic N) is 2. The Morgan fingerprint density at radius 1 is 1.58 bits per heavy atom. The van der Waals surface area contributed by atoms with E-state index in [0.717, 1.165) is 28.0 Å². The lowest BCUT2D eigenvalue weighted by Gasteiger charge is -2.01. The third-order valence-electron chi connectivity index (χ3n) is 2.92. The number of aromatic nitrogens is 2. The van der Waals surface area contributed by atoms with Crippen LogP contribution in [0.2, 0.25) is 0 Å². The van der Waals surface area contributed by atoms with Gasteiger partial charge in [0.2, 0.25) is 0 Å². The molecule has 0 aromatic carbocycles. The van der Waals surface area contributed by atoms with Crippen molar-refractivity contribution in [2.45, 2.75) is 19.8 Å². The van der Waals surface area contributed by atoms with E-state index in [9.17, 15) is 4.79 Å². The molecule has 102 valence electrons. The summed E-state index contributed by atoms with van der Waals surface area (Å²) in [5.41, 5.74) is 1.89. The summed E-state index contributed by atoms with van der Waals surface area (Å²) >= 11 is 4.93. The summed E-state index contributed by atoms with van der Waals surface area (Å²) < 4.78 is 7.80. The molecule has 0 atom stereocenters. The minimum Gasteiger partial charge on any atom is -0.496 e. The SMILES string of the molecule is CCc1nn(C)c(CC(=O)c2cc(OC)cs2)c1Br. The number of ketones is 1. The van der Waals surface area contributed by atoms with E-state index in [0.29, 0.717) is 11.3 Å². The van der Waals surface area contributed by atoms with Crippen molar-refractivity contribution in [2.75, 3.05) is 7.11 Å². The molecule has 0 saturated heterocycles. The lowest BCUT2D eigenvalue weighted by molar-refractivity contribution is 0.0994. The number of rotatable bonds is 5. The van der Waals surface area contributed by atoms with Crippen molar-refractivity contribution in [2.24, 2.45) is 7.05 Å². The van der Waals surface area contributed by atoms with Crippen LogP contribution in [-0.4, -0.2) is 22.7 Å². The molecule has 0 radical (unpaired) electrons. The smallest absolute Gasteiger partial charge is 0.178 e. The minimum atomic E-state index is 0.0830. The van der Waals surface area contributed by atoms with Crippen LogP contribution in [0.25, 0.3) is 0 Å². The van der Waals surface area contributed by atoms with Gasteiger partial charge in [0.25, 0.3) is 0 Å². The first-order valence-electron chi connectivity index (χ1n) is 5.92. The molecule has 0 bridgehead atoms. The Morgan fingerprint density at radius 3 is 2.84 bits per heavy atom. The quantitative estimate of drug-likeness (QED) is 0.783. The lowest BCUT2D eigenvalue weighted by Crippen LogP contribution is -2.07. The second-order valence-corrected chi connectivity index (χ2v) is 5.84. The molecule has 0 saturated carbocycles. The van der Waals surface area contributed by atoms with Crippen LogP contribution in [-0.2, 0) is 19.9 Å². The average molecular weight is 343 g/mol. The fourth-order valence-corrected chi connectivity index (χ4v) is 3.37. The number of hydrogen-bond donors (Lipinski definition) is 0. The summed E-state index contributed by atoms with van der Waals surface area (Å²) in [6.07, 6.45) is 1.18. The zero-order valence-corrected chi connectivity index (χ0v) is 13.5. The topological polar surface area (TPSA) is 44.1 Å². The third-order valence-corrected chi connectivity index (χ3v) is 4.78. The van der Waals surface area contributed by atoms with Crippen molar-refractivity contribution in [1.82, 2.24) is 9.78 Å². The lowest BCUT2D eigenvalue weighted by atomic mass is 10.1. The normalized spacial score (nSPS) is 10.7. The number of ether oxygens (including phenoxy) is 1. The monoisotopic (exact) mass is 342 g/mol. The highest BCUT2D eigenvalue weighted by molar-refractivity contribution is 9.10. The van der Waals surface area contributed by atoms with E-state index in [1.54, 1.807) is 17.9 Å². The second-order valence-electron chi connectivity index (χ2n) is 4.14. The minimum absolute atomic E-state index is 0.0830. The largest absolute Gasteiger partial charge is 0.496 e. The van der Waals surface area contributed by atoms with Gasteiger partial charge in [0, 0.05) is 18.5 Å². The predicted molar refractivity (Wildman–Crippen MR) is 79.2 cm³/mol. The molecule has 19 heavy (non-hydrogen) atoms. The zero-order chi connectivity index (χ0) is 14.0. The molecule has 2 aromatic heterocycles. The van der Waals surface area contributed by atoms with Crippen LogP contribution in [0.15, 0.2) is 15.9 Å². The molecule has 0 unspecified atom stereocenters. The summed E-state index contributed by atoms with van der Waals surface area (Å²) in [6.45, 7) is 2.04. The highest BCUT2D eigenvalue weighted by Crippen LogP contribution is 2.26. The molecule has 2 heterocycles. The van der Waals surface area contributed by atoms with Gasteiger partial charge in [-0.2, -0.15) is 5.10 Å². The Hall–Kier alpha value is -1.14. The van der Waals surface area contributed by atoms with Gasteiger partial charge in [-0.25, -0.2) is 0 Å². The van der Waals surface area contributed by atoms with Crippen LogP contribution in [0.4, 0.5) is 0 Å². The van der Waals surface area contributed by atoms with Crippen LogP contribution in [0, 0.1) is 0 Å². The van der Waals surface area contributed by atoms with Gasteiger partial charge in [0.15, 0.2) is 5.78 Å². The molecule has 0 aliphatic heterocycles. The molecular weight excluding hydrogens is 328 g/mol. The number of carbonyl (C=O) groups is 1. The summed E-state index contributed by atoms with van der Waals surface area (Å²) in [4.78, 5) is 12.9. The number of hydrogen-bond acceptors (Lipinski definition) is 4. The van der Waals surface area contributed by atoms with Crippen LogP contribution in [0.3, 0.4) is 0 Å². The van der Waals surface area contributed by atoms with E-state index in [2.05, 4.69) is 21.0 Å². The molecule has 4 nitrogen and oxygen atoms in total. The molecule has 0 N–H and O–H groups in total. The molecule has 0 aliphatic carbocycles. The fourth-order valence-electron chi connectivity index (χ4n) is 1.82. The molecule has 0 aliphatic rings. The molecular formula is C13H15BrN2O2S. The highest BCUT2D eigenvalue weighted by atomic mass is 79.9. The maximum Gasteiger partial charge on any atom is 0.178 e.